The van der Waals surface area contributed by atoms with Crippen molar-refractivity contribution in [2.24, 2.45) is 5.92 Å². The quantitative estimate of drug-likeness (QED) is 0.670. The van der Waals surface area contributed by atoms with Crippen molar-refractivity contribution in [2.75, 3.05) is 0 Å². The molecule has 1 heterocycles. The molecule has 86 valence electrons. The summed E-state index contributed by atoms with van der Waals surface area (Å²) in [7, 11) is 0. The summed E-state index contributed by atoms with van der Waals surface area (Å²) >= 11 is 2.99. The first-order valence-electron chi connectivity index (χ1n) is 4.62. The lowest BCUT2D eigenvalue weighted by Crippen LogP contribution is -2.21. The first-order valence-corrected chi connectivity index (χ1v) is 5.42. The lowest BCUT2D eigenvalue weighted by Gasteiger charge is -2.06. The number of hydrogen-bond donors (Lipinski definition) is 1. The lowest BCUT2D eigenvalue weighted by molar-refractivity contribution is -0.390. The molecular weight excluding hydrogens is 282 g/mol. The minimum absolute atomic E-state index is 0.0314. The SMILES string of the molecule is O=C(O)C(C1CC1)n1cc(Br)c([N+](=O)[O-])n1. The van der Waals surface area contributed by atoms with Gasteiger partial charge in [-0.15, -0.1) is 0 Å². The van der Waals surface area contributed by atoms with Gasteiger partial charge in [-0.25, -0.2) is 4.79 Å². The van der Waals surface area contributed by atoms with Gasteiger partial charge in [0, 0.05) is 0 Å². The summed E-state index contributed by atoms with van der Waals surface area (Å²) in [5, 5.41) is 23.3. The van der Waals surface area contributed by atoms with Gasteiger partial charge >= 0.3 is 11.8 Å². The Kier molecular flexibility index (Phi) is 2.66. The fraction of sp³-hybridized carbons (Fsp3) is 0.500. The third-order valence-corrected chi connectivity index (χ3v) is 3.01. The molecule has 1 aliphatic carbocycles. The number of nitro groups is 1. The smallest absolute Gasteiger partial charge is 0.404 e. The van der Waals surface area contributed by atoms with E-state index in [2.05, 4.69) is 21.0 Å². The minimum Gasteiger partial charge on any atom is -0.480 e. The molecule has 1 saturated carbocycles. The van der Waals surface area contributed by atoms with E-state index in [4.69, 9.17) is 5.11 Å². The molecule has 0 saturated heterocycles. The third-order valence-electron chi connectivity index (χ3n) is 2.45. The van der Waals surface area contributed by atoms with Gasteiger partial charge in [0.15, 0.2) is 6.04 Å². The zero-order chi connectivity index (χ0) is 11.9. The average Bonchev–Trinajstić information content (AvgIpc) is 2.89. The summed E-state index contributed by atoms with van der Waals surface area (Å²) in [4.78, 5) is 20.9. The number of carboxylic acids is 1. The van der Waals surface area contributed by atoms with Crippen LogP contribution in [0.3, 0.4) is 0 Å². The number of aromatic nitrogens is 2. The van der Waals surface area contributed by atoms with Crippen molar-refractivity contribution in [1.29, 1.82) is 0 Å². The van der Waals surface area contributed by atoms with E-state index in [1.165, 1.54) is 6.20 Å². The van der Waals surface area contributed by atoms with Crippen molar-refractivity contribution in [3.8, 4) is 0 Å². The fourth-order valence-corrected chi connectivity index (χ4v) is 2.00. The predicted octanol–water partition coefficient (Wildman–Crippen LogP) is 1.59. The maximum Gasteiger partial charge on any atom is 0.404 e. The summed E-state index contributed by atoms with van der Waals surface area (Å²) in [6, 6.07) is -0.801. The van der Waals surface area contributed by atoms with Crippen molar-refractivity contribution in [3.63, 3.8) is 0 Å². The maximum absolute atomic E-state index is 11.0. The Labute approximate surface area is 98.3 Å². The number of nitrogens with zero attached hydrogens (tertiary/aromatic N) is 3. The molecule has 0 spiro atoms. The molecule has 7 nitrogen and oxygen atoms in total. The van der Waals surface area contributed by atoms with Crippen molar-refractivity contribution in [1.82, 2.24) is 9.78 Å². The monoisotopic (exact) mass is 289 g/mol. The molecule has 1 aromatic rings. The molecule has 0 bridgehead atoms. The van der Waals surface area contributed by atoms with E-state index in [0.29, 0.717) is 0 Å². The molecule has 1 fully saturated rings. The Morgan fingerprint density at radius 1 is 1.75 bits per heavy atom. The molecule has 1 atom stereocenters. The summed E-state index contributed by atoms with van der Waals surface area (Å²) in [6.45, 7) is 0. The van der Waals surface area contributed by atoms with Gasteiger partial charge in [0.2, 0.25) is 0 Å². The summed E-state index contributed by atoms with van der Waals surface area (Å²) < 4.78 is 1.35. The Balaban J connectivity index is 2.35. The minimum atomic E-state index is -1.01. The highest BCUT2D eigenvalue weighted by Crippen LogP contribution is 2.40. The summed E-state index contributed by atoms with van der Waals surface area (Å²) in [6.07, 6.45) is 2.99. The Morgan fingerprint density at radius 3 is 2.75 bits per heavy atom. The van der Waals surface area contributed by atoms with E-state index in [9.17, 15) is 14.9 Å². The number of rotatable bonds is 4. The molecule has 0 radical (unpaired) electrons. The van der Waals surface area contributed by atoms with Gasteiger partial charge in [-0.05, 0) is 39.6 Å². The normalized spacial score (nSPS) is 17.1. The van der Waals surface area contributed by atoms with Gasteiger partial charge in [-0.2, -0.15) is 4.68 Å². The highest BCUT2D eigenvalue weighted by atomic mass is 79.9. The molecular formula is C8H8BrN3O4. The largest absolute Gasteiger partial charge is 0.480 e. The molecule has 1 unspecified atom stereocenters. The average molecular weight is 290 g/mol. The third kappa shape index (κ3) is 1.92. The van der Waals surface area contributed by atoms with Crippen LogP contribution in [0.25, 0.3) is 0 Å². The van der Waals surface area contributed by atoms with E-state index in [1.54, 1.807) is 0 Å². The van der Waals surface area contributed by atoms with E-state index in [-0.39, 0.29) is 16.2 Å². The van der Waals surface area contributed by atoms with Crippen LogP contribution in [0.5, 0.6) is 0 Å². The van der Waals surface area contributed by atoms with Crippen LogP contribution >= 0.6 is 15.9 Å². The van der Waals surface area contributed by atoms with Crippen molar-refractivity contribution in [3.05, 3.63) is 20.8 Å². The van der Waals surface area contributed by atoms with Gasteiger partial charge in [0.25, 0.3) is 0 Å². The van der Waals surface area contributed by atoms with Crippen LogP contribution in [-0.4, -0.2) is 25.8 Å². The van der Waals surface area contributed by atoms with E-state index in [0.717, 1.165) is 17.5 Å². The van der Waals surface area contributed by atoms with Crippen molar-refractivity contribution >= 4 is 27.7 Å². The molecule has 0 amide bonds. The van der Waals surface area contributed by atoms with Gasteiger partial charge in [-0.3, -0.25) is 0 Å². The second-order valence-electron chi connectivity index (χ2n) is 3.66. The zero-order valence-corrected chi connectivity index (χ0v) is 9.62. The molecule has 16 heavy (non-hydrogen) atoms. The van der Waals surface area contributed by atoms with Gasteiger partial charge in [0.1, 0.15) is 4.47 Å². The van der Waals surface area contributed by atoms with Crippen LogP contribution in [0.1, 0.15) is 18.9 Å². The number of carboxylic acid groups (broad SMARTS) is 1. The van der Waals surface area contributed by atoms with Crippen LogP contribution in [0, 0.1) is 16.0 Å². The van der Waals surface area contributed by atoms with E-state index >= 15 is 0 Å². The van der Waals surface area contributed by atoms with E-state index < -0.39 is 16.9 Å². The fourth-order valence-electron chi connectivity index (χ4n) is 1.57. The highest BCUT2D eigenvalue weighted by Gasteiger charge is 2.41. The van der Waals surface area contributed by atoms with Crippen molar-refractivity contribution in [2.45, 2.75) is 18.9 Å². The van der Waals surface area contributed by atoms with Crippen molar-refractivity contribution < 1.29 is 14.8 Å². The molecule has 0 aliphatic heterocycles. The van der Waals surface area contributed by atoms with Crippen LogP contribution in [-0.2, 0) is 4.79 Å². The summed E-state index contributed by atoms with van der Waals surface area (Å²) in [5.74, 6) is -1.33. The highest BCUT2D eigenvalue weighted by molar-refractivity contribution is 9.10. The molecule has 1 aliphatic rings. The Bertz CT molecular complexity index is 454. The molecule has 8 heteroatoms. The number of hydrogen-bond acceptors (Lipinski definition) is 4. The van der Waals surface area contributed by atoms with Crippen LogP contribution < -0.4 is 0 Å². The van der Waals surface area contributed by atoms with Crippen LogP contribution in [0.2, 0.25) is 0 Å². The standard InChI is InChI=1S/C8H8BrN3O4/c9-5-3-11(10-7(5)12(15)16)6(8(13)14)4-1-2-4/h3-4,6H,1-2H2,(H,13,14). The number of aliphatic carboxylic acids is 1. The molecule has 2 rings (SSSR count). The Hall–Kier alpha value is -1.44. The summed E-state index contributed by atoms with van der Waals surface area (Å²) in [5.41, 5.74) is 0. The lowest BCUT2D eigenvalue weighted by atomic mass is 10.2. The maximum atomic E-state index is 11.0. The first-order chi connectivity index (χ1) is 7.50. The zero-order valence-electron chi connectivity index (χ0n) is 8.04. The second kappa shape index (κ2) is 3.85. The van der Waals surface area contributed by atoms with Crippen LogP contribution in [0.15, 0.2) is 10.7 Å². The molecule has 0 aromatic carbocycles. The second-order valence-corrected chi connectivity index (χ2v) is 4.51. The number of carbonyl (C=O) groups is 1. The van der Waals surface area contributed by atoms with Gasteiger partial charge in [0.05, 0.1) is 11.3 Å². The topological polar surface area (TPSA) is 98.3 Å². The number of halogens is 1. The predicted molar refractivity (Wildman–Crippen MR) is 56.0 cm³/mol. The Morgan fingerprint density at radius 2 is 2.38 bits per heavy atom. The van der Waals surface area contributed by atoms with Gasteiger partial charge < -0.3 is 15.2 Å². The van der Waals surface area contributed by atoms with E-state index in [1.807, 2.05) is 0 Å². The molecule has 1 aromatic heterocycles. The van der Waals surface area contributed by atoms with Crippen LogP contribution in [0.4, 0.5) is 5.82 Å². The van der Waals surface area contributed by atoms with Gasteiger partial charge in [-0.1, -0.05) is 0 Å². The molecule has 1 N–H and O–H groups in total. The first kappa shape index (κ1) is 11.1.